The van der Waals surface area contributed by atoms with Crippen LogP contribution in [0.3, 0.4) is 0 Å². The molecule has 1 saturated heterocycles. The molecule has 1 fully saturated rings. The summed E-state index contributed by atoms with van der Waals surface area (Å²) in [5.41, 5.74) is 3.37. The number of nitrogens with zero attached hydrogens (tertiary/aromatic N) is 5. The molecule has 0 unspecified atom stereocenters. The molecule has 1 aliphatic rings. The largest absolute Gasteiger partial charge is 0.378 e. The van der Waals surface area contributed by atoms with E-state index in [4.69, 9.17) is 4.74 Å². The van der Waals surface area contributed by atoms with Crippen LogP contribution in [0.4, 0.5) is 15.8 Å². The minimum absolute atomic E-state index is 0.0555. The van der Waals surface area contributed by atoms with Gasteiger partial charge in [-0.05, 0) is 48.9 Å². The second-order valence-corrected chi connectivity index (χ2v) is 9.41. The molecule has 1 atom stereocenters. The van der Waals surface area contributed by atoms with Gasteiger partial charge in [0, 0.05) is 36.6 Å². The smallest absolute Gasteiger partial charge is 0.247 e. The Hall–Kier alpha value is -4.31. The first kappa shape index (κ1) is 26.3. The number of para-hydroxylation sites is 1. The Bertz CT molecular complexity index is 1430. The van der Waals surface area contributed by atoms with Crippen molar-refractivity contribution in [2.75, 3.05) is 36.5 Å². The van der Waals surface area contributed by atoms with Crippen LogP contribution in [0, 0.1) is 5.82 Å². The standard InChI is InChI=1S/C29H31FN6O3/c1-2-26(29(38)31-22-11-13-23(14-12-22)34-15-17-39-18-16-34)35(19-21-7-3-4-8-24(21)30)28(37)20-36-27-10-6-5-9-25(27)32-33-36/h3-14,26H,2,15-20H2,1H3,(H,31,38)/t26-/m0/s1. The Balaban J connectivity index is 1.36. The lowest BCUT2D eigenvalue weighted by Crippen LogP contribution is -2.48. The van der Waals surface area contributed by atoms with Gasteiger partial charge in [-0.1, -0.05) is 42.5 Å². The monoisotopic (exact) mass is 530 g/mol. The zero-order chi connectivity index (χ0) is 27.2. The summed E-state index contributed by atoms with van der Waals surface area (Å²) in [6.45, 7) is 4.65. The van der Waals surface area contributed by atoms with E-state index in [2.05, 4.69) is 20.5 Å². The second-order valence-electron chi connectivity index (χ2n) is 9.41. The molecule has 3 aromatic carbocycles. The summed E-state index contributed by atoms with van der Waals surface area (Å²) in [6.07, 6.45) is 0.343. The predicted molar refractivity (Wildman–Crippen MR) is 147 cm³/mol. The summed E-state index contributed by atoms with van der Waals surface area (Å²) in [5.74, 6) is -1.14. The van der Waals surface area contributed by atoms with Crippen LogP contribution in [0.25, 0.3) is 11.0 Å². The summed E-state index contributed by atoms with van der Waals surface area (Å²) in [6, 6.07) is 20.4. The molecule has 0 spiro atoms. The number of anilines is 2. The number of fused-ring (bicyclic) bond motifs is 1. The Morgan fingerprint density at radius 3 is 2.49 bits per heavy atom. The fraction of sp³-hybridized carbons (Fsp3) is 0.310. The van der Waals surface area contributed by atoms with Gasteiger partial charge in [0.15, 0.2) is 0 Å². The molecule has 2 amide bonds. The summed E-state index contributed by atoms with van der Waals surface area (Å²) >= 11 is 0. The van der Waals surface area contributed by atoms with Crippen molar-refractivity contribution in [3.05, 3.63) is 84.2 Å². The quantitative estimate of drug-likeness (QED) is 0.353. The lowest BCUT2D eigenvalue weighted by atomic mass is 10.1. The molecular formula is C29H31FN6O3. The maximum Gasteiger partial charge on any atom is 0.247 e. The van der Waals surface area contributed by atoms with Gasteiger partial charge >= 0.3 is 0 Å². The number of benzene rings is 3. The zero-order valence-corrected chi connectivity index (χ0v) is 21.8. The average molecular weight is 531 g/mol. The highest BCUT2D eigenvalue weighted by atomic mass is 19.1. The van der Waals surface area contributed by atoms with Crippen molar-refractivity contribution in [3.63, 3.8) is 0 Å². The maximum atomic E-state index is 14.6. The molecular weight excluding hydrogens is 499 g/mol. The summed E-state index contributed by atoms with van der Waals surface area (Å²) in [7, 11) is 0. The van der Waals surface area contributed by atoms with Crippen molar-refractivity contribution in [2.45, 2.75) is 32.5 Å². The third kappa shape index (κ3) is 6.06. The van der Waals surface area contributed by atoms with Gasteiger partial charge in [0.05, 0.1) is 18.7 Å². The predicted octanol–water partition coefficient (Wildman–Crippen LogP) is 3.85. The zero-order valence-electron chi connectivity index (χ0n) is 21.8. The van der Waals surface area contributed by atoms with Crippen molar-refractivity contribution in [1.82, 2.24) is 19.9 Å². The molecule has 0 bridgehead atoms. The molecule has 0 aliphatic carbocycles. The van der Waals surface area contributed by atoms with Crippen LogP contribution in [-0.2, 0) is 27.4 Å². The van der Waals surface area contributed by atoms with E-state index in [-0.39, 0.29) is 24.9 Å². The number of aromatic nitrogens is 3. The van der Waals surface area contributed by atoms with Crippen LogP contribution >= 0.6 is 0 Å². The van der Waals surface area contributed by atoms with Crippen LogP contribution < -0.4 is 10.2 Å². The van der Waals surface area contributed by atoms with Crippen LogP contribution in [0.15, 0.2) is 72.8 Å². The van der Waals surface area contributed by atoms with Crippen molar-refractivity contribution >= 4 is 34.2 Å². The Labute approximate surface area is 226 Å². The van der Waals surface area contributed by atoms with E-state index in [1.807, 2.05) is 55.5 Å². The van der Waals surface area contributed by atoms with Gasteiger partial charge in [-0.3, -0.25) is 9.59 Å². The number of amides is 2. The van der Waals surface area contributed by atoms with E-state index >= 15 is 0 Å². The first-order valence-electron chi connectivity index (χ1n) is 13.1. The van der Waals surface area contributed by atoms with Crippen LogP contribution in [-0.4, -0.2) is 64.1 Å². The molecule has 202 valence electrons. The van der Waals surface area contributed by atoms with E-state index in [1.54, 1.807) is 18.2 Å². The number of hydrogen-bond acceptors (Lipinski definition) is 6. The van der Waals surface area contributed by atoms with Crippen LogP contribution in [0.5, 0.6) is 0 Å². The molecule has 9 nitrogen and oxygen atoms in total. The maximum absolute atomic E-state index is 14.6. The average Bonchev–Trinajstić information content (AvgIpc) is 3.37. The third-order valence-corrected chi connectivity index (χ3v) is 6.90. The SMILES string of the molecule is CC[C@@H](C(=O)Nc1ccc(N2CCOCC2)cc1)N(Cc1ccccc1F)C(=O)Cn1nnc2ccccc21. The van der Waals surface area contributed by atoms with Gasteiger partial charge in [0.25, 0.3) is 0 Å². The molecule has 10 heteroatoms. The molecule has 4 aromatic rings. The number of rotatable bonds is 9. The first-order chi connectivity index (χ1) is 19.0. The summed E-state index contributed by atoms with van der Waals surface area (Å²) < 4.78 is 21.5. The van der Waals surface area contributed by atoms with Crippen LogP contribution in [0.1, 0.15) is 18.9 Å². The lowest BCUT2D eigenvalue weighted by molar-refractivity contribution is -0.140. The molecule has 5 rings (SSSR count). The van der Waals surface area contributed by atoms with E-state index in [0.29, 0.717) is 41.9 Å². The number of nitrogens with one attached hydrogen (secondary N) is 1. The molecule has 1 aliphatic heterocycles. The van der Waals surface area contributed by atoms with Crippen molar-refractivity contribution in [1.29, 1.82) is 0 Å². The highest BCUT2D eigenvalue weighted by Gasteiger charge is 2.30. The Morgan fingerprint density at radius 1 is 1.03 bits per heavy atom. The van der Waals surface area contributed by atoms with E-state index in [1.165, 1.54) is 15.6 Å². The van der Waals surface area contributed by atoms with Gasteiger partial charge < -0.3 is 19.9 Å². The highest BCUT2D eigenvalue weighted by Crippen LogP contribution is 2.21. The van der Waals surface area contributed by atoms with Crippen molar-refractivity contribution < 1.29 is 18.7 Å². The molecule has 1 aromatic heterocycles. The van der Waals surface area contributed by atoms with E-state index in [0.717, 1.165) is 18.8 Å². The molecule has 0 saturated carbocycles. The Morgan fingerprint density at radius 2 is 1.74 bits per heavy atom. The molecule has 0 radical (unpaired) electrons. The van der Waals surface area contributed by atoms with Gasteiger partial charge in [-0.15, -0.1) is 5.10 Å². The fourth-order valence-corrected chi connectivity index (χ4v) is 4.79. The number of halogens is 1. The minimum Gasteiger partial charge on any atom is -0.378 e. The third-order valence-electron chi connectivity index (χ3n) is 6.90. The summed E-state index contributed by atoms with van der Waals surface area (Å²) in [4.78, 5) is 30.8. The number of hydrogen-bond donors (Lipinski definition) is 1. The van der Waals surface area contributed by atoms with Gasteiger partial charge in [0.1, 0.15) is 23.9 Å². The van der Waals surface area contributed by atoms with Gasteiger partial charge in [0.2, 0.25) is 11.8 Å². The van der Waals surface area contributed by atoms with E-state index < -0.39 is 11.9 Å². The Kier molecular flexibility index (Phi) is 8.12. The van der Waals surface area contributed by atoms with Gasteiger partial charge in [-0.25, -0.2) is 9.07 Å². The number of morpholine rings is 1. The number of carbonyl (C=O) groups is 2. The molecule has 2 heterocycles. The van der Waals surface area contributed by atoms with Crippen molar-refractivity contribution in [2.24, 2.45) is 0 Å². The lowest BCUT2D eigenvalue weighted by Gasteiger charge is -2.31. The van der Waals surface area contributed by atoms with Gasteiger partial charge in [-0.2, -0.15) is 0 Å². The minimum atomic E-state index is -0.828. The second kappa shape index (κ2) is 12.0. The highest BCUT2D eigenvalue weighted by molar-refractivity contribution is 5.97. The normalized spacial score (nSPS) is 14.3. The van der Waals surface area contributed by atoms with Crippen molar-refractivity contribution in [3.8, 4) is 0 Å². The first-order valence-corrected chi connectivity index (χ1v) is 13.1. The molecule has 39 heavy (non-hydrogen) atoms. The number of ether oxygens (including phenoxy) is 1. The topological polar surface area (TPSA) is 92.6 Å². The fourth-order valence-electron chi connectivity index (χ4n) is 4.79. The molecule has 1 N–H and O–H groups in total. The van der Waals surface area contributed by atoms with E-state index in [9.17, 15) is 14.0 Å². The summed E-state index contributed by atoms with van der Waals surface area (Å²) in [5, 5.41) is 11.2. The number of carbonyl (C=O) groups excluding carboxylic acids is 2. The van der Waals surface area contributed by atoms with Crippen LogP contribution in [0.2, 0.25) is 0 Å².